The summed E-state index contributed by atoms with van der Waals surface area (Å²) in [6.45, 7) is 14.0. The van der Waals surface area contributed by atoms with Crippen LogP contribution in [0.4, 0.5) is 4.79 Å². The van der Waals surface area contributed by atoms with Crippen molar-refractivity contribution < 1.29 is 22.7 Å². The molecule has 222 valence electrons. The summed E-state index contributed by atoms with van der Waals surface area (Å²) in [4.78, 5) is 30.8. The van der Waals surface area contributed by atoms with Gasteiger partial charge in [0.1, 0.15) is 0 Å². The first kappa shape index (κ1) is 30.7. The smallest absolute Gasteiger partial charge is 0.338 e. The number of hydrogen-bond acceptors (Lipinski definition) is 6. The molecule has 1 saturated heterocycles. The quantitative estimate of drug-likeness (QED) is 0.467. The molecule has 1 N–H and O–H groups in total. The Hall–Kier alpha value is -3.21. The van der Waals surface area contributed by atoms with E-state index in [-0.39, 0.29) is 29.0 Å². The molecule has 0 radical (unpaired) electrons. The number of sulfonamides is 1. The van der Waals surface area contributed by atoms with E-state index in [1.54, 1.807) is 42.2 Å². The third kappa shape index (κ3) is 6.50. The molecule has 0 aromatic heterocycles. The van der Waals surface area contributed by atoms with Crippen molar-refractivity contribution in [3.05, 3.63) is 77.0 Å². The van der Waals surface area contributed by atoms with Crippen LogP contribution in [0.25, 0.3) is 0 Å². The summed E-state index contributed by atoms with van der Waals surface area (Å²) in [7, 11) is -3.64. The first-order chi connectivity index (χ1) is 19.4. The van der Waals surface area contributed by atoms with Gasteiger partial charge in [-0.3, -0.25) is 9.80 Å². The van der Waals surface area contributed by atoms with Crippen LogP contribution in [-0.2, 0) is 25.0 Å². The lowest BCUT2D eigenvalue weighted by Gasteiger charge is -2.42. The molecule has 9 nitrogen and oxygen atoms in total. The van der Waals surface area contributed by atoms with Gasteiger partial charge in [0, 0.05) is 44.5 Å². The van der Waals surface area contributed by atoms with Crippen molar-refractivity contribution in [2.75, 3.05) is 39.3 Å². The summed E-state index contributed by atoms with van der Waals surface area (Å²) in [5.74, 6) is -0.468. The summed E-state index contributed by atoms with van der Waals surface area (Å²) in [6, 6.07) is 15.2. The Morgan fingerprint density at radius 3 is 2.24 bits per heavy atom. The minimum absolute atomic E-state index is 0.0366. The predicted octanol–water partition coefficient (Wildman–Crippen LogP) is 4.28. The summed E-state index contributed by atoms with van der Waals surface area (Å²) in [5.41, 5.74) is 2.91. The second-order valence-corrected chi connectivity index (χ2v) is 13.5. The van der Waals surface area contributed by atoms with Gasteiger partial charge in [0.2, 0.25) is 10.0 Å². The number of carbonyl (C=O) groups excluding carboxylic acids is 2. The number of carbonyl (C=O) groups is 2. The Labute approximate surface area is 244 Å². The standard InChI is InChI=1S/C31H42N4O5S/c1-7-34-26(21-33-18-19-35(22(3)20-33)41(38,39)25-12-10-9-11-13-25)27(29(36)40-8-2)28(32-30(34)37)23-14-16-24(17-15-23)31(4,5)6/h9-17,22,28H,7-8,18-21H2,1-6H3,(H,32,37)/t22-,28-/m0/s1. The maximum Gasteiger partial charge on any atom is 0.338 e. The largest absolute Gasteiger partial charge is 0.463 e. The zero-order valence-corrected chi connectivity index (χ0v) is 25.7. The predicted molar refractivity (Wildman–Crippen MR) is 159 cm³/mol. The molecular formula is C31H42N4O5S. The lowest BCUT2D eigenvalue weighted by molar-refractivity contribution is -0.139. The SMILES string of the molecule is CCOC(=O)C1=C(CN2CCN(S(=O)(=O)c3ccccc3)[C@@H](C)C2)N(CC)C(=O)N[C@H]1c1ccc(C(C)(C)C)cc1. The molecule has 2 heterocycles. The molecule has 2 aromatic carbocycles. The normalized spacial score (nSPS) is 21.1. The number of benzene rings is 2. The van der Waals surface area contributed by atoms with Crippen molar-refractivity contribution in [3.8, 4) is 0 Å². The molecule has 0 bridgehead atoms. The molecule has 0 saturated carbocycles. The molecule has 2 aliphatic heterocycles. The average Bonchev–Trinajstić information content (AvgIpc) is 2.93. The molecule has 4 rings (SSSR count). The minimum atomic E-state index is -3.64. The molecule has 2 aromatic rings. The molecule has 0 spiro atoms. The van der Waals surface area contributed by atoms with Crippen LogP contribution in [0.1, 0.15) is 58.7 Å². The first-order valence-corrected chi connectivity index (χ1v) is 15.7. The topological polar surface area (TPSA) is 99.3 Å². The van der Waals surface area contributed by atoms with Gasteiger partial charge in [-0.2, -0.15) is 4.31 Å². The van der Waals surface area contributed by atoms with E-state index in [2.05, 4.69) is 31.0 Å². The zero-order chi connectivity index (χ0) is 29.9. The van der Waals surface area contributed by atoms with Gasteiger partial charge in [-0.15, -0.1) is 0 Å². The number of nitrogens with one attached hydrogen (secondary N) is 1. The van der Waals surface area contributed by atoms with Gasteiger partial charge in [-0.05, 0) is 49.4 Å². The lowest BCUT2D eigenvalue weighted by Crippen LogP contribution is -2.56. The molecular weight excluding hydrogens is 540 g/mol. The van der Waals surface area contributed by atoms with E-state index in [9.17, 15) is 18.0 Å². The maximum atomic E-state index is 13.5. The van der Waals surface area contributed by atoms with Crippen LogP contribution < -0.4 is 5.32 Å². The van der Waals surface area contributed by atoms with Gasteiger partial charge >= 0.3 is 12.0 Å². The number of urea groups is 1. The van der Waals surface area contributed by atoms with Gasteiger partial charge in [-0.1, -0.05) is 63.2 Å². The highest BCUT2D eigenvalue weighted by atomic mass is 32.2. The van der Waals surface area contributed by atoms with E-state index in [0.717, 1.165) is 11.1 Å². The first-order valence-electron chi connectivity index (χ1n) is 14.3. The summed E-state index contributed by atoms with van der Waals surface area (Å²) in [6.07, 6.45) is 0. The minimum Gasteiger partial charge on any atom is -0.463 e. The lowest BCUT2D eigenvalue weighted by atomic mass is 9.85. The highest BCUT2D eigenvalue weighted by Crippen LogP contribution is 2.34. The molecule has 2 amide bonds. The number of hydrogen-bond donors (Lipinski definition) is 1. The van der Waals surface area contributed by atoms with Crippen molar-refractivity contribution in [3.63, 3.8) is 0 Å². The fourth-order valence-electron chi connectivity index (χ4n) is 5.54. The van der Waals surface area contributed by atoms with Crippen molar-refractivity contribution in [2.24, 2.45) is 0 Å². The van der Waals surface area contributed by atoms with E-state index in [1.165, 1.54) is 4.31 Å². The number of rotatable bonds is 8. The molecule has 2 aliphatic rings. The second-order valence-electron chi connectivity index (χ2n) is 11.6. The van der Waals surface area contributed by atoms with Crippen molar-refractivity contribution >= 4 is 22.0 Å². The molecule has 2 atom stereocenters. The van der Waals surface area contributed by atoms with Crippen molar-refractivity contribution in [1.29, 1.82) is 0 Å². The van der Waals surface area contributed by atoms with Crippen LogP contribution >= 0.6 is 0 Å². The Bertz CT molecular complexity index is 1380. The fourth-order valence-corrected chi connectivity index (χ4v) is 7.17. The van der Waals surface area contributed by atoms with Gasteiger partial charge in [0.05, 0.1) is 23.1 Å². The summed E-state index contributed by atoms with van der Waals surface area (Å²) < 4.78 is 33.7. The van der Waals surface area contributed by atoms with Gasteiger partial charge in [0.25, 0.3) is 0 Å². The molecule has 10 heteroatoms. The molecule has 1 fully saturated rings. The van der Waals surface area contributed by atoms with Crippen LogP contribution in [0.5, 0.6) is 0 Å². The van der Waals surface area contributed by atoms with Crippen LogP contribution in [-0.4, -0.2) is 79.9 Å². The number of ether oxygens (including phenoxy) is 1. The van der Waals surface area contributed by atoms with E-state index < -0.39 is 22.0 Å². The van der Waals surface area contributed by atoms with E-state index in [4.69, 9.17) is 4.74 Å². The average molecular weight is 583 g/mol. The van der Waals surface area contributed by atoms with Gasteiger partial charge < -0.3 is 10.1 Å². The summed E-state index contributed by atoms with van der Waals surface area (Å²) in [5, 5.41) is 3.02. The van der Waals surface area contributed by atoms with Crippen LogP contribution in [0, 0.1) is 0 Å². The zero-order valence-electron chi connectivity index (χ0n) is 24.9. The fraction of sp³-hybridized carbons (Fsp3) is 0.484. The third-order valence-electron chi connectivity index (χ3n) is 7.73. The second kappa shape index (κ2) is 12.3. The molecule has 0 aliphatic carbocycles. The van der Waals surface area contributed by atoms with Crippen molar-refractivity contribution in [2.45, 2.75) is 63.9 Å². The van der Waals surface area contributed by atoms with Crippen LogP contribution in [0.2, 0.25) is 0 Å². The van der Waals surface area contributed by atoms with Crippen molar-refractivity contribution in [1.82, 2.24) is 19.4 Å². The Kier molecular flexibility index (Phi) is 9.25. The molecule has 41 heavy (non-hydrogen) atoms. The number of likely N-dealkylation sites (N-methyl/N-ethyl adjacent to an activating group) is 1. The highest BCUT2D eigenvalue weighted by molar-refractivity contribution is 7.89. The van der Waals surface area contributed by atoms with E-state index in [1.807, 2.05) is 38.1 Å². The Morgan fingerprint density at radius 1 is 1.02 bits per heavy atom. The summed E-state index contributed by atoms with van der Waals surface area (Å²) >= 11 is 0. The molecule has 0 unspecified atom stereocenters. The number of esters is 1. The van der Waals surface area contributed by atoms with Crippen LogP contribution in [0.15, 0.2) is 70.8 Å². The maximum absolute atomic E-state index is 13.5. The Morgan fingerprint density at radius 2 is 1.68 bits per heavy atom. The van der Waals surface area contributed by atoms with E-state index >= 15 is 0 Å². The number of nitrogens with zero attached hydrogens (tertiary/aromatic N) is 3. The number of amides is 2. The monoisotopic (exact) mass is 582 g/mol. The third-order valence-corrected chi connectivity index (χ3v) is 9.76. The highest BCUT2D eigenvalue weighted by Gasteiger charge is 2.40. The van der Waals surface area contributed by atoms with Gasteiger partial charge in [0.15, 0.2) is 0 Å². The van der Waals surface area contributed by atoms with Gasteiger partial charge in [-0.25, -0.2) is 18.0 Å². The Balaban J connectivity index is 1.67. The number of piperazine rings is 1. The van der Waals surface area contributed by atoms with E-state index in [0.29, 0.717) is 44.0 Å². The van der Waals surface area contributed by atoms with Crippen LogP contribution in [0.3, 0.4) is 0 Å².